The number of nitrogen functional groups attached to an aromatic ring is 1. The van der Waals surface area contributed by atoms with Crippen LogP contribution in [0.2, 0.25) is 0 Å². The van der Waals surface area contributed by atoms with E-state index in [9.17, 15) is 0 Å². The number of pyridine rings is 1. The first kappa shape index (κ1) is 13.2. The SMILES string of the molecule is CCN(Cc1ccccn1)c1cc(NN)nc(C)n1. The van der Waals surface area contributed by atoms with Gasteiger partial charge in [0.25, 0.3) is 0 Å². The highest BCUT2D eigenvalue weighted by Crippen LogP contribution is 2.17. The summed E-state index contributed by atoms with van der Waals surface area (Å²) in [7, 11) is 0. The van der Waals surface area contributed by atoms with Gasteiger partial charge in [-0.2, -0.15) is 0 Å². The van der Waals surface area contributed by atoms with Crippen LogP contribution in [0.15, 0.2) is 30.5 Å². The number of hydrazine groups is 1. The molecule has 2 rings (SSSR count). The number of nitrogens with two attached hydrogens (primary N) is 1. The van der Waals surface area contributed by atoms with Crippen LogP contribution in [0.5, 0.6) is 0 Å². The number of hydrogen-bond acceptors (Lipinski definition) is 6. The number of aryl methyl sites for hydroxylation is 1. The Hall–Kier alpha value is -2.21. The van der Waals surface area contributed by atoms with Crippen LogP contribution in [0.4, 0.5) is 11.6 Å². The van der Waals surface area contributed by atoms with E-state index in [0.717, 1.165) is 18.1 Å². The van der Waals surface area contributed by atoms with Crippen LogP contribution in [0.1, 0.15) is 18.4 Å². The van der Waals surface area contributed by atoms with E-state index < -0.39 is 0 Å². The van der Waals surface area contributed by atoms with Gasteiger partial charge >= 0.3 is 0 Å². The molecule has 100 valence electrons. The minimum absolute atomic E-state index is 0.613. The smallest absolute Gasteiger partial charge is 0.145 e. The molecule has 0 aromatic carbocycles. The van der Waals surface area contributed by atoms with Crippen LogP contribution < -0.4 is 16.2 Å². The zero-order valence-electron chi connectivity index (χ0n) is 11.2. The lowest BCUT2D eigenvalue weighted by Crippen LogP contribution is -2.24. The third-order valence-electron chi connectivity index (χ3n) is 2.76. The third kappa shape index (κ3) is 3.38. The number of nitrogens with one attached hydrogen (secondary N) is 1. The summed E-state index contributed by atoms with van der Waals surface area (Å²) in [6.07, 6.45) is 1.79. The lowest BCUT2D eigenvalue weighted by Gasteiger charge is -2.22. The predicted molar refractivity (Wildman–Crippen MR) is 75.5 cm³/mol. The van der Waals surface area contributed by atoms with Crippen LogP contribution >= 0.6 is 0 Å². The molecule has 0 saturated carbocycles. The van der Waals surface area contributed by atoms with Gasteiger partial charge in [-0.1, -0.05) is 6.07 Å². The van der Waals surface area contributed by atoms with Crippen molar-refractivity contribution >= 4 is 11.6 Å². The second-order valence-corrected chi connectivity index (χ2v) is 4.14. The van der Waals surface area contributed by atoms with Crippen LogP contribution in [-0.4, -0.2) is 21.5 Å². The van der Waals surface area contributed by atoms with Gasteiger partial charge < -0.3 is 10.3 Å². The van der Waals surface area contributed by atoms with Gasteiger partial charge in [-0.3, -0.25) is 4.98 Å². The molecule has 0 unspecified atom stereocenters. The van der Waals surface area contributed by atoms with Gasteiger partial charge in [0.1, 0.15) is 17.5 Å². The molecule has 0 saturated heterocycles. The lowest BCUT2D eigenvalue weighted by molar-refractivity contribution is 0.786. The molecule has 6 heteroatoms. The van der Waals surface area contributed by atoms with E-state index in [-0.39, 0.29) is 0 Å². The van der Waals surface area contributed by atoms with Crippen molar-refractivity contribution in [2.24, 2.45) is 5.84 Å². The highest BCUT2D eigenvalue weighted by Gasteiger charge is 2.09. The summed E-state index contributed by atoms with van der Waals surface area (Å²) in [4.78, 5) is 15.1. The zero-order chi connectivity index (χ0) is 13.7. The van der Waals surface area contributed by atoms with Crippen LogP contribution in [0.3, 0.4) is 0 Å². The van der Waals surface area contributed by atoms with Crippen LogP contribution in [0.25, 0.3) is 0 Å². The number of hydrogen-bond donors (Lipinski definition) is 2. The predicted octanol–water partition coefficient (Wildman–Crippen LogP) is 1.49. The monoisotopic (exact) mass is 258 g/mol. The zero-order valence-corrected chi connectivity index (χ0v) is 11.2. The van der Waals surface area contributed by atoms with E-state index in [0.29, 0.717) is 18.2 Å². The lowest BCUT2D eigenvalue weighted by atomic mass is 10.3. The van der Waals surface area contributed by atoms with E-state index in [1.54, 1.807) is 6.20 Å². The molecule has 3 N–H and O–H groups in total. The first-order chi connectivity index (χ1) is 9.22. The summed E-state index contributed by atoms with van der Waals surface area (Å²) in [5, 5.41) is 0. The van der Waals surface area contributed by atoms with Gasteiger partial charge in [0, 0.05) is 18.8 Å². The molecule has 2 aromatic heterocycles. The van der Waals surface area contributed by atoms with Gasteiger partial charge in [-0.05, 0) is 26.0 Å². The summed E-state index contributed by atoms with van der Waals surface area (Å²) in [5.41, 5.74) is 3.56. The Kier molecular flexibility index (Phi) is 4.25. The number of rotatable bonds is 5. The molecule has 0 radical (unpaired) electrons. The highest BCUT2D eigenvalue weighted by atomic mass is 15.3. The molecule has 0 bridgehead atoms. The molecular weight excluding hydrogens is 240 g/mol. The number of anilines is 2. The maximum Gasteiger partial charge on any atom is 0.145 e. The second kappa shape index (κ2) is 6.10. The summed E-state index contributed by atoms with van der Waals surface area (Å²) < 4.78 is 0. The average molecular weight is 258 g/mol. The van der Waals surface area contributed by atoms with Crippen molar-refractivity contribution in [3.8, 4) is 0 Å². The van der Waals surface area contributed by atoms with E-state index >= 15 is 0 Å². The van der Waals surface area contributed by atoms with Crippen molar-refractivity contribution in [3.63, 3.8) is 0 Å². The molecule has 6 nitrogen and oxygen atoms in total. The van der Waals surface area contributed by atoms with Crippen molar-refractivity contribution in [2.75, 3.05) is 16.9 Å². The van der Waals surface area contributed by atoms with Gasteiger partial charge in [0.05, 0.1) is 12.2 Å². The molecule has 0 atom stereocenters. The molecule has 2 aromatic rings. The minimum atomic E-state index is 0.613. The maximum atomic E-state index is 5.41. The molecular formula is C13H18N6. The van der Waals surface area contributed by atoms with E-state index in [1.807, 2.05) is 31.2 Å². The van der Waals surface area contributed by atoms with E-state index in [1.165, 1.54) is 0 Å². The molecule has 0 aliphatic carbocycles. The molecule has 19 heavy (non-hydrogen) atoms. The quantitative estimate of drug-likeness (QED) is 0.625. The maximum absolute atomic E-state index is 5.41. The Morgan fingerprint density at radius 2 is 2.16 bits per heavy atom. The molecule has 0 aliphatic heterocycles. The summed E-state index contributed by atoms with van der Waals surface area (Å²) >= 11 is 0. The standard InChI is InChI=1S/C13H18N6/c1-3-19(9-11-6-4-5-7-15-11)13-8-12(18-14)16-10(2)17-13/h4-8H,3,9,14H2,1-2H3,(H,16,17,18). The summed E-state index contributed by atoms with van der Waals surface area (Å²) in [6.45, 7) is 5.46. The van der Waals surface area contributed by atoms with Crippen molar-refractivity contribution in [3.05, 3.63) is 42.0 Å². The first-order valence-electron chi connectivity index (χ1n) is 6.20. The number of nitrogens with zero attached hydrogens (tertiary/aromatic N) is 4. The fraction of sp³-hybridized carbons (Fsp3) is 0.308. The first-order valence-corrected chi connectivity index (χ1v) is 6.20. The Bertz CT molecular complexity index is 528. The fourth-order valence-corrected chi connectivity index (χ4v) is 1.83. The number of aromatic nitrogens is 3. The van der Waals surface area contributed by atoms with Crippen molar-refractivity contribution in [1.29, 1.82) is 0 Å². The molecule has 0 spiro atoms. The van der Waals surface area contributed by atoms with Gasteiger partial charge in [0.15, 0.2) is 0 Å². The van der Waals surface area contributed by atoms with Gasteiger partial charge in [-0.15, -0.1) is 0 Å². The largest absolute Gasteiger partial charge is 0.351 e. The summed E-state index contributed by atoms with van der Waals surface area (Å²) in [6, 6.07) is 7.72. The normalized spacial score (nSPS) is 10.3. The fourth-order valence-electron chi connectivity index (χ4n) is 1.83. The van der Waals surface area contributed by atoms with E-state index in [4.69, 9.17) is 5.84 Å². The summed E-state index contributed by atoms with van der Waals surface area (Å²) in [5.74, 6) is 7.55. The second-order valence-electron chi connectivity index (χ2n) is 4.14. The third-order valence-corrected chi connectivity index (χ3v) is 2.76. The Labute approximate surface area is 112 Å². The van der Waals surface area contributed by atoms with Crippen LogP contribution in [0, 0.1) is 6.92 Å². The van der Waals surface area contributed by atoms with Crippen molar-refractivity contribution < 1.29 is 0 Å². The average Bonchev–Trinajstić information content (AvgIpc) is 2.45. The molecule has 0 fully saturated rings. The topological polar surface area (TPSA) is 80.0 Å². The molecule has 2 heterocycles. The van der Waals surface area contributed by atoms with Gasteiger partial charge in [-0.25, -0.2) is 15.8 Å². The Morgan fingerprint density at radius 3 is 2.79 bits per heavy atom. The van der Waals surface area contributed by atoms with Crippen LogP contribution in [-0.2, 0) is 6.54 Å². The molecule has 0 aliphatic rings. The highest BCUT2D eigenvalue weighted by molar-refractivity contribution is 5.48. The molecule has 0 amide bonds. The van der Waals surface area contributed by atoms with Gasteiger partial charge in [0.2, 0.25) is 0 Å². The van der Waals surface area contributed by atoms with Crippen molar-refractivity contribution in [2.45, 2.75) is 20.4 Å². The minimum Gasteiger partial charge on any atom is -0.351 e. The van der Waals surface area contributed by atoms with E-state index in [2.05, 4.69) is 32.2 Å². The van der Waals surface area contributed by atoms with Crippen molar-refractivity contribution in [1.82, 2.24) is 15.0 Å². The Balaban J connectivity index is 2.24. The Morgan fingerprint density at radius 1 is 1.32 bits per heavy atom.